The number of rotatable bonds is 6. The van der Waals surface area contributed by atoms with E-state index in [9.17, 15) is 9.59 Å². The molecule has 2 amide bonds. The van der Waals surface area contributed by atoms with Gasteiger partial charge in [-0.1, -0.05) is 42.5 Å². The molecule has 0 saturated heterocycles. The molecule has 4 heteroatoms. The highest BCUT2D eigenvalue weighted by Crippen LogP contribution is 2.14. The number of primary amides is 2. The van der Waals surface area contributed by atoms with Crippen LogP contribution in [0.3, 0.4) is 0 Å². The van der Waals surface area contributed by atoms with E-state index in [2.05, 4.69) is 0 Å². The first-order valence-electron chi connectivity index (χ1n) is 5.62. The third kappa shape index (κ3) is 4.65. The molecule has 0 spiro atoms. The van der Waals surface area contributed by atoms with E-state index in [0.717, 1.165) is 5.56 Å². The summed E-state index contributed by atoms with van der Waals surface area (Å²) in [6, 6.07) is 9.22. The summed E-state index contributed by atoms with van der Waals surface area (Å²) in [7, 11) is 0. The zero-order valence-electron chi connectivity index (χ0n) is 10.0. The average Bonchev–Trinajstić information content (AvgIpc) is 2.34. The third-order valence-corrected chi connectivity index (χ3v) is 2.31. The van der Waals surface area contributed by atoms with Gasteiger partial charge >= 0.3 is 0 Å². The third-order valence-electron chi connectivity index (χ3n) is 2.31. The highest BCUT2D eigenvalue weighted by Gasteiger charge is 2.06. The number of hydrogen-bond acceptors (Lipinski definition) is 2. The van der Waals surface area contributed by atoms with E-state index in [1.54, 1.807) is 12.2 Å². The molecule has 0 fully saturated rings. The molecule has 1 aromatic rings. The minimum absolute atomic E-state index is 0.458. The Morgan fingerprint density at radius 1 is 1.06 bits per heavy atom. The van der Waals surface area contributed by atoms with Crippen LogP contribution in [0.4, 0.5) is 0 Å². The second-order valence-electron chi connectivity index (χ2n) is 3.73. The van der Waals surface area contributed by atoms with Gasteiger partial charge in [0.25, 0.3) is 0 Å². The van der Waals surface area contributed by atoms with Crippen molar-refractivity contribution in [3.05, 3.63) is 54.1 Å². The van der Waals surface area contributed by atoms with E-state index in [-0.39, 0.29) is 0 Å². The Kier molecular flexibility index (Phi) is 5.38. The van der Waals surface area contributed by atoms with Gasteiger partial charge in [0.05, 0.1) is 0 Å². The Labute approximate surface area is 106 Å². The number of allylic oxidation sites excluding steroid dienone is 2. The lowest BCUT2D eigenvalue weighted by atomic mass is 10.0. The van der Waals surface area contributed by atoms with Crippen LogP contribution in [-0.4, -0.2) is 11.8 Å². The molecule has 0 aliphatic rings. The lowest BCUT2D eigenvalue weighted by Crippen LogP contribution is -2.12. The summed E-state index contributed by atoms with van der Waals surface area (Å²) in [6.07, 6.45) is 6.00. The maximum absolute atomic E-state index is 11.3. The van der Waals surface area contributed by atoms with Crippen LogP contribution < -0.4 is 11.5 Å². The Bertz CT molecular complexity index is 476. The van der Waals surface area contributed by atoms with Crippen molar-refractivity contribution in [1.82, 2.24) is 0 Å². The van der Waals surface area contributed by atoms with Crippen LogP contribution in [0.25, 0.3) is 5.57 Å². The fourth-order valence-electron chi connectivity index (χ4n) is 1.50. The molecule has 0 aromatic heterocycles. The molecule has 0 heterocycles. The molecule has 1 aromatic carbocycles. The summed E-state index contributed by atoms with van der Waals surface area (Å²) in [5, 5.41) is 0. The molecule has 0 aliphatic carbocycles. The quantitative estimate of drug-likeness (QED) is 0.585. The second kappa shape index (κ2) is 7.06. The number of unbranched alkanes of at least 4 members (excludes halogenated alkanes) is 1. The monoisotopic (exact) mass is 244 g/mol. The Morgan fingerprint density at radius 3 is 2.28 bits per heavy atom. The normalized spacial score (nSPS) is 11.7. The summed E-state index contributed by atoms with van der Waals surface area (Å²) in [5.74, 6) is -0.933. The molecule has 18 heavy (non-hydrogen) atoms. The standard InChI is InChI=1S/C14H16N2O2/c15-13(17)10-6-2-5-9-12(14(16)18)11-7-3-1-4-8-11/h1,3-4,6-10H,2,5H2,(H2,15,17)(H2,16,18). The number of amides is 2. The first kappa shape index (κ1) is 13.7. The van der Waals surface area contributed by atoms with Crippen molar-refractivity contribution >= 4 is 17.4 Å². The van der Waals surface area contributed by atoms with Crippen LogP contribution in [0.5, 0.6) is 0 Å². The summed E-state index contributed by atoms with van der Waals surface area (Å²) in [6.45, 7) is 0. The van der Waals surface area contributed by atoms with Gasteiger partial charge in [-0.05, 0) is 24.5 Å². The fraction of sp³-hybridized carbons (Fsp3) is 0.143. The van der Waals surface area contributed by atoms with Crippen molar-refractivity contribution in [2.24, 2.45) is 11.5 Å². The van der Waals surface area contributed by atoms with Crippen molar-refractivity contribution in [3.8, 4) is 0 Å². The highest BCUT2D eigenvalue weighted by atomic mass is 16.1. The lowest BCUT2D eigenvalue weighted by molar-refractivity contribution is -0.114. The van der Waals surface area contributed by atoms with Gasteiger partial charge in [0.1, 0.15) is 0 Å². The van der Waals surface area contributed by atoms with Crippen LogP contribution in [0.2, 0.25) is 0 Å². The fourth-order valence-corrected chi connectivity index (χ4v) is 1.50. The summed E-state index contributed by atoms with van der Waals surface area (Å²) in [5.41, 5.74) is 11.6. The van der Waals surface area contributed by atoms with Gasteiger partial charge in [0, 0.05) is 5.57 Å². The number of benzene rings is 1. The van der Waals surface area contributed by atoms with Gasteiger partial charge in [-0.3, -0.25) is 9.59 Å². The van der Waals surface area contributed by atoms with E-state index in [0.29, 0.717) is 18.4 Å². The van der Waals surface area contributed by atoms with Crippen molar-refractivity contribution in [3.63, 3.8) is 0 Å². The van der Waals surface area contributed by atoms with Gasteiger partial charge in [-0.15, -0.1) is 0 Å². The van der Waals surface area contributed by atoms with Gasteiger partial charge in [-0.25, -0.2) is 0 Å². The maximum atomic E-state index is 11.3. The van der Waals surface area contributed by atoms with Crippen LogP contribution in [0, 0.1) is 0 Å². The summed E-state index contributed by atoms with van der Waals surface area (Å²) < 4.78 is 0. The van der Waals surface area contributed by atoms with Crippen LogP contribution in [0.15, 0.2) is 48.6 Å². The Balaban J connectivity index is 2.69. The van der Waals surface area contributed by atoms with E-state index in [1.165, 1.54) is 6.08 Å². The smallest absolute Gasteiger partial charge is 0.248 e. The molecular formula is C14H16N2O2. The molecular weight excluding hydrogens is 228 g/mol. The molecule has 94 valence electrons. The van der Waals surface area contributed by atoms with E-state index < -0.39 is 11.8 Å². The number of hydrogen-bond donors (Lipinski definition) is 2. The number of carbonyl (C=O) groups is 2. The van der Waals surface area contributed by atoms with Gasteiger partial charge in [-0.2, -0.15) is 0 Å². The molecule has 1 rings (SSSR count). The van der Waals surface area contributed by atoms with Crippen molar-refractivity contribution < 1.29 is 9.59 Å². The van der Waals surface area contributed by atoms with Crippen LogP contribution in [-0.2, 0) is 9.59 Å². The van der Waals surface area contributed by atoms with Gasteiger partial charge in [0.2, 0.25) is 11.8 Å². The predicted octanol–water partition coefficient (Wildman–Crippen LogP) is 1.38. The minimum atomic E-state index is -0.475. The van der Waals surface area contributed by atoms with Crippen molar-refractivity contribution in [2.45, 2.75) is 12.8 Å². The zero-order chi connectivity index (χ0) is 13.4. The van der Waals surface area contributed by atoms with Crippen molar-refractivity contribution in [2.75, 3.05) is 0 Å². The largest absolute Gasteiger partial charge is 0.366 e. The Morgan fingerprint density at radius 2 is 1.72 bits per heavy atom. The summed E-state index contributed by atoms with van der Waals surface area (Å²) in [4.78, 5) is 21.8. The molecule has 0 atom stereocenters. The average molecular weight is 244 g/mol. The molecule has 0 unspecified atom stereocenters. The first-order valence-corrected chi connectivity index (χ1v) is 5.62. The Hall–Kier alpha value is -2.36. The molecule has 0 bridgehead atoms. The molecule has 0 radical (unpaired) electrons. The predicted molar refractivity (Wildman–Crippen MR) is 71.2 cm³/mol. The SMILES string of the molecule is NC(=O)C=CCCC=C(C(N)=O)c1ccccc1. The van der Waals surface area contributed by atoms with Crippen LogP contribution in [0.1, 0.15) is 18.4 Å². The van der Waals surface area contributed by atoms with Gasteiger partial charge < -0.3 is 11.5 Å². The summed E-state index contributed by atoms with van der Waals surface area (Å²) >= 11 is 0. The zero-order valence-corrected chi connectivity index (χ0v) is 10.0. The van der Waals surface area contributed by atoms with E-state index >= 15 is 0 Å². The van der Waals surface area contributed by atoms with E-state index in [4.69, 9.17) is 11.5 Å². The molecule has 4 N–H and O–H groups in total. The van der Waals surface area contributed by atoms with Crippen LogP contribution >= 0.6 is 0 Å². The first-order chi connectivity index (χ1) is 8.61. The maximum Gasteiger partial charge on any atom is 0.248 e. The van der Waals surface area contributed by atoms with E-state index in [1.807, 2.05) is 30.3 Å². The molecule has 0 aliphatic heterocycles. The topological polar surface area (TPSA) is 86.2 Å². The number of nitrogens with two attached hydrogens (primary N) is 2. The lowest BCUT2D eigenvalue weighted by Gasteiger charge is -2.02. The molecule has 0 saturated carbocycles. The number of carbonyl (C=O) groups excluding carboxylic acids is 2. The van der Waals surface area contributed by atoms with Gasteiger partial charge in [0.15, 0.2) is 0 Å². The molecule has 4 nitrogen and oxygen atoms in total. The van der Waals surface area contributed by atoms with Crippen molar-refractivity contribution in [1.29, 1.82) is 0 Å². The highest BCUT2D eigenvalue weighted by molar-refractivity contribution is 6.18. The second-order valence-corrected chi connectivity index (χ2v) is 3.73. The minimum Gasteiger partial charge on any atom is -0.366 e.